The van der Waals surface area contributed by atoms with E-state index in [1.807, 2.05) is 6.92 Å². The van der Waals surface area contributed by atoms with Crippen LogP contribution in [0.4, 0.5) is 10.2 Å². The normalized spacial score (nSPS) is 20.1. The Morgan fingerprint density at radius 2 is 2.09 bits per heavy atom. The minimum atomic E-state index is -1.11. The molecule has 1 aliphatic heterocycles. The van der Waals surface area contributed by atoms with Gasteiger partial charge in [-0.25, -0.2) is 4.39 Å². The number of rotatable bonds is 3. The Hall–Kier alpha value is -2.70. The van der Waals surface area contributed by atoms with Crippen molar-refractivity contribution in [3.05, 3.63) is 47.4 Å². The maximum absolute atomic E-state index is 13.0. The van der Waals surface area contributed by atoms with Crippen molar-refractivity contribution < 1.29 is 14.0 Å². The van der Waals surface area contributed by atoms with Gasteiger partial charge in [0.25, 0.3) is 5.91 Å². The number of nitrogens with zero attached hydrogens (tertiary/aromatic N) is 3. The highest BCUT2D eigenvalue weighted by Crippen LogP contribution is 2.28. The number of halogens is 1. The van der Waals surface area contributed by atoms with Gasteiger partial charge in [-0.15, -0.1) is 0 Å². The number of aryl methyl sites for hydroxylation is 2. The average Bonchev–Trinajstić information content (AvgIpc) is 3.04. The number of amides is 1. The van der Waals surface area contributed by atoms with Gasteiger partial charge in [0, 0.05) is 19.5 Å². The summed E-state index contributed by atoms with van der Waals surface area (Å²) in [6.07, 6.45) is 0.307. The van der Waals surface area contributed by atoms with Gasteiger partial charge in [0.15, 0.2) is 0 Å². The number of hydrogen-bond donors (Lipinski definition) is 1. The second-order valence-corrected chi connectivity index (χ2v) is 5.79. The average molecular weight is 316 g/mol. The van der Waals surface area contributed by atoms with Gasteiger partial charge in [0.05, 0.1) is 11.4 Å². The van der Waals surface area contributed by atoms with Gasteiger partial charge in [-0.1, -0.05) is 17.3 Å². The Labute approximate surface area is 132 Å². The lowest BCUT2D eigenvalue weighted by Gasteiger charge is -2.20. The van der Waals surface area contributed by atoms with Crippen LogP contribution in [0.1, 0.15) is 24.6 Å². The molecule has 6 nitrogen and oxygen atoms in total. The SMILES string of the molecule is Cc1cc(NC(=O)[C@]2(C)CC(c3ccc(F)cc3)=NO2)n(C)n1. The van der Waals surface area contributed by atoms with Gasteiger partial charge in [-0.2, -0.15) is 5.10 Å². The van der Waals surface area contributed by atoms with Crippen LogP contribution in [0.15, 0.2) is 35.5 Å². The molecule has 0 saturated heterocycles. The third kappa shape index (κ3) is 2.94. The molecule has 0 saturated carbocycles. The topological polar surface area (TPSA) is 68.5 Å². The van der Waals surface area contributed by atoms with Crippen LogP contribution in [0.5, 0.6) is 0 Å². The summed E-state index contributed by atoms with van der Waals surface area (Å²) in [6.45, 7) is 3.52. The first kappa shape index (κ1) is 15.2. The van der Waals surface area contributed by atoms with E-state index in [-0.39, 0.29) is 11.7 Å². The van der Waals surface area contributed by atoms with Crippen LogP contribution in [0.3, 0.4) is 0 Å². The highest BCUT2D eigenvalue weighted by molar-refractivity contribution is 6.07. The Kier molecular flexibility index (Phi) is 3.63. The van der Waals surface area contributed by atoms with E-state index < -0.39 is 5.60 Å². The molecule has 0 aliphatic carbocycles. The zero-order valence-electron chi connectivity index (χ0n) is 13.1. The summed E-state index contributed by atoms with van der Waals surface area (Å²) in [6, 6.07) is 7.72. The summed E-state index contributed by atoms with van der Waals surface area (Å²) in [5.74, 6) is -0.0331. The van der Waals surface area contributed by atoms with Gasteiger partial charge in [0.1, 0.15) is 11.6 Å². The molecule has 2 aromatic rings. The maximum Gasteiger partial charge on any atom is 0.272 e. The lowest BCUT2D eigenvalue weighted by Crippen LogP contribution is -2.40. The number of nitrogens with one attached hydrogen (secondary N) is 1. The smallest absolute Gasteiger partial charge is 0.272 e. The number of carbonyl (C=O) groups is 1. The van der Waals surface area contributed by atoms with E-state index >= 15 is 0 Å². The molecule has 2 heterocycles. The Morgan fingerprint density at radius 1 is 1.39 bits per heavy atom. The molecule has 120 valence electrons. The first-order valence-corrected chi connectivity index (χ1v) is 7.20. The van der Waals surface area contributed by atoms with Gasteiger partial charge in [-0.05, 0) is 31.5 Å². The van der Waals surface area contributed by atoms with Gasteiger partial charge < -0.3 is 10.2 Å². The van der Waals surface area contributed by atoms with Crippen LogP contribution >= 0.6 is 0 Å². The van der Waals surface area contributed by atoms with Crippen molar-refractivity contribution in [2.75, 3.05) is 5.32 Å². The summed E-state index contributed by atoms with van der Waals surface area (Å²) in [5, 5.41) is 11.0. The van der Waals surface area contributed by atoms with Crippen molar-refractivity contribution >= 4 is 17.4 Å². The Morgan fingerprint density at radius 3 is 2.70 bits per heavy atom. The van der Waals surface area contributed by atoms with Crippen molar-refractivity contribution in [1.29, 1.82) is 0 Å². The highest BCUT2D eigenvalue weighted by Gasteiger charge is 2.42. The highest BCUT2D eigenvalue weighted by atomic mass is 19.1. The van der Waals surface area contributed by atoms with E-state index in [0.29, 0.717) is 18.0 Å². The molecule has 0 fully saturated rings. The molecule has 3 rings (SSSR count). The summed E-state index contributed by atoms with van der Waals surface area (Å²) >= 11 is 0. The number of hydrogen-bond acceptors (Lipinski definition) is 4. The number of anilines is 1. The van der Waals surface area contributed by atoms with Crippen molar-refractivity contribution in [2.45, 2.75) is 25.9 Å². The van der Waals surface area contributed by atoms with E-state index in [9.17, 15) is 9.18 Å². The molecule has 1 aromatic carbocycles. The quantitative estimate of drug-likeness (QED) is 0.945. The summed E-state index contributed by atoms with van der Waals surface area (Å²) in [7, 11) is 1.75. The number of carbonyl (C=O) groups excluding carboxylic acids is 1. The summed E-state index contributed by atoms with van der Waals surface area (Å²) < 4.78 is 14.6. The van der Waals surface area contributed by atoms with E-state index in [1.54, 1.807) is 36.9 Å². The van der Waals surface area contributed by atoms with Crippen LogP contribution in [0, 0.1) is 12.7 Å². The van der Waals surface area contributed by atoms with E-state index in [0.717, 1.165) is 11.3 Å². The van der Waals surface area contributed by atoms with Crippen molar-refractivity contribution in [3.8, 4) is 0 Å². The fraction of sp³-hybridized carbons (Fsp3) is 0.312. The van der Waals surface area contributed by atoms with Gasteiger partial charge in [0.2, 0.25) is 5.60 Å². The van der Waals surface area contributed by atoms with Gasteiger partial charge in [-0.3, -0.25) is 9.48 Å². The summed E-state index contributed by atoms with van der Waals surface area (Å²) in [5.41, 5.74) is 1.05. The van der Waals surface area contributed by atoms with Crippen molar-refractivity contribution in [2.24, 2.45) is 12.2 Å². The fourth-order valence-electron chi connectivity index (χ4n) is 2.43. The van der Waals surface area contributed by atoms with Crippen LogP contribution in [-0.4, -0.2) is 27.0 Å². The zero-order valence-corrected chi connectivity index (χ0v) is 13.1. The third-order valence-corrected chi connectivity index (χ3v) is 3.76. The number of oxime groups is 1. The van der Waals surface area contributed by atoms with E-state index in [2.05, 4.69) is 15.6 Å². The maximum atomic E-state index is 13.0. The first-order chi connectivity index (χ1) is 10.9. The van der Waals surface area contributed by atoms with Crippen LogP contribution in [-0.2, 0) is 16.7 Å². The predicted octanol–water partition coefficient (Wildman–Crippen LogP) is 2.39. The standard InChI is InChI=1S/C16H17FN4O2/c1-10-8-14(21(3)19-10)18-15(22)16(2)9-13(20-23-16)11-4-6-12(17)7-5-11/h4-8H,9H2,1-3H3,(H,18,22)/t16-/m0/s1. The van der Waals surface area contributed by atoms with Crippen molar-refractivity contribution in [1.82, 2.24) is 9.78 Å². The van der Waals surface area contributed by atoms with Crippen LogP contribution in [0.2, 0.25) is 0 Å². The molecule has 7 heteroatoms. The largest absolute Gasteiger partial charge is 0.379 e. The molecule has 23 heavy (non-hydrogen) atoms. The lowest BCUT2D eigenvalue weighted by atomic mass is 9.95. The van der Waals surface area contributed by atoms with Crippen LogP contribution < -0.4 is 5.32 Å². The van der Waals surface area contributed by atoms with E-state index in [1.165, 1.54) is 12.1 Å². The van der Waals surface area contributed by atoms with E-state index in [4.69, 9.17) is 4.84 Å². The minimum Gasteiger partial charge on any atom is -0.379 e. The molecule has 1 aromatic heterocycles. The number of benzene rings is 1. The zero-order chi connectivity index (χ0) is 16.6. The molecule has 0 unspecified atom stereocenters. The monoisotopic (exact) mass is 316 g/mol. The molecular weight excluding hydrogens is 299 g/mol. The molecule has 1 N–H and O–H groups in total. The summed E-state index contributed by atoms with van der Waals surface area (Å²) in [4.78, 5) is 17.9. The molecule has 0 spiro atoms. The molecule has 1 aliphatic rings. The molecule has 0 bridgehead atoms. The lowest BCUT2D eigenvalue weighted by molar-refractivity contribution is -0.136. The number of aromatic nitrogens is 2. The third-order valence-electron chi connectivity index (χ3n) is 3.76. The molecule has 0 radical (unpaired) electrons. The second-order valence-electron chi connectivity index (χ2n) is 5.79. The molecular formula is C16H17FN4O2. The molecule has 1 atom stereocenters. The van der Waals surface area contributed by atoms with Crippen molar-refractivity contribution in [3.63, 3.8) is 0 Å². The predicted molar refractivity (Wildman–Crippen MR) is 83.6 cm³/mol. The Bertz CT molecular complexity index is 782. The Balaban J connectivity index is 1.73. The van der Waals surface area contributed by atoms with Gasteiger partial charge >= 0.3 is 0 Å². The molecule has 1 amide bonds. The minimum absolute atomic E-state index is 0.304. The second kappa shape index (κ2) is 5.49. The fourth-order valence-corrected chi connectivity index (χ4v) is 2.43. The van der Waals surface area contributed by atoms with Crippen LogP contribution in [0.25, 0.3) is 0 Å². The first-order valence-electron chi connectivity index (χ1n) is 7.20.